The van der Waals surface area contributed by atoms with Crippen LogP contribution in [-0.4, -0.2) is 21.4 Å². The smallest absolute Gasteiger partial charge is 0.107 e. The van der Waals surface area contributed by atoms with Crippen LogP contribution in [0.1, 0.15) is 6.42 Å². The first kappa shape index (κ1) is 8.80. The van der Waals surface area contributed by atoms with Crippen molar-refractivity contribution in [2.75, 3.05) is 0 Å². The number of allylic oxidation sites excluding steroid dienone is 1. The third-order valence-corrected chi connectivity index (χ3v) is 1.68. The van der Waals surface area contributed by atoms with Crippen molar-refractivity contribution in [1.82, 2.24) is 0 Å². The quantitative estimate of drug-likeness (QED) is 0.485. The summed E-state index contributed by atoms with van der Waals surface area (Å²) in [7, 11) is 0. The Kier molecular flexibility index (Phi) is 2.50. The van der Waals surface area contributed by atoms with E-state index in [2.05, 4.69) is 0 Å². The molecular formula is C8H9FO3. The largest absolute Gasteiger partial charge is 0.516 e. The van der Waals surface area contributed by atoms with Gasteiger partial charge in [0, 0.05) is 17.6 Å². The summed E-state index contributed by atoms with van der Waals surface area (Å²) in [5, 5.41) is 26.4. The maximum Gasteiger partial charge on any atom is 0.107 e. The summed E-state index contributed by atoms with van der Waals surface area (Å²) in [4.78, 5) is 0. The third kappa shape index (κ3) is 1.48. The zero-order valence-corrected chi connectivity index (χ0v) is 6.24. The monoisotopic (exact) mass is 172 g/mol. The Morgan fingerprint density at radius 2 is 2.08 bits per heavy atom. The molecule has 0 aromatic rings. The van der Waals surface area contributed by atoms with Crippen molar-refractivity contribution in [2.24, 2.45) is 0 Å². The Morgan fingerprint density at radius 1 is 1.42 bits per heavy atom. The number of aliphatic hydroxyl groups is 3. The van der Waals surface area contributed by atoms with E-state index in [9.17, 15) is 9.50 Å². The van der Waals surface area contributed by atoms with E-state index in [1.54, 1.807) is 0 Å². The highest BCUT2D eigenvalue weighted by molar-refractivity contribution is 5.37. The van der Waals surface area contributed by atoms with E-state index in [-0.39, 0.29) is 17.6 Å². The Labute approximate surface area is 68.8 Å². The summed E-state index contributed by atoms with van der Waals surface area (Å²) in [5.41, 5.74) is 0.175. The van der Waals surface area contributed by atoms with Crippen LogP contribution in [0.2, 0.25) is 0 Å². The van der Waals surface area contributed by atoms with E-state index in [0.717, 1.165) is 6.08 Å². The average Bonchev–Trinajstić information content (AvgIpc) is 2.08. The van der Waals surface area contributed by atoms with Crippen LogP contribution in [0.5, 0.6) is 0 Å². The second kappa shape index (κ2) is 3.40. The average molecular weight is 172 g/mol. The Morgan fingerprint density at radius 3 is 2.58 bits per heavy atom. The lowest BCUT2D eigenvalue weighted by Gasteiger charge is -2.18. The fourth-order valence-electron chi connectivity index (χ4n) is 1.04. The molecule has 1 aliphatic carbocycles. The van der Waals surface area contributed by atoms with Crippen molar-refractivity contribution in [2.45, 2.75) is 12.5 Å². The molecule has 1 atom stereocenters. The molecule has 1 unspecified atom stereocenters. The molecule has 1 rings (SSSR count). The summed E-state index contributed by atoms with van der Waals surface area (Å²) >= 11 is 0. The number of hydrogen-bond donors (Lipinski definition) is 3. The van der Waals surface area contributed by atoms with Crippen LogP contribution in [0.4, 0.5) is 4.39 Å². The van der Waals surface area contributed by atoms with E-state index in [4.69, 9.17) is 10.2 Å². The predicted octanol–water partition coefficient (Wildman–Crippen LogP) is 1.49. The second-order valence-corrected chi connectivity index (χ2v) is 2.50. The normalized spacial score (nSPS) is 30.8. The highest BCUT2D eigenvalue weighted by Crippen LogP contribution is 2.27. The van der Waals surface area contributed by atoms with Gasteiger partial charge in [0.25, 0.3) is 0 Å². The summed E-state index contributed by atoms with van der Waals surface area (Å²) in [6, 6.07) is 0. The standard InChI is InChI=1S/C8H9FO3/c9-7-1-5(3-10)8(12)6(2-7)4-11/h1,3-4,8,10-12H,2H2. The molecule has 0 fully saturated rings. The van der Waals surface area contributed by atoms with Gasteiger partial charge in [-0.05, 0) is 6.08 Å². The molecule has 66 valence electrons. The number of aliphatic hydroxyl groups excluding tert-OH is 3. The van der Waals surface area contributed by atoms with Crippen molar-refractivity contribution < 1.29 is 19.7 Å². The van der Waals surface area contributed by atoms with E-state index < -0.39 is 11.9 Å². The number of hydrogen-bond acceptors (Lipinski definition) is 3. The lowest BCUT2D eigenvalue weighted by Crippen LogP contribution is -2.17. The van der Waals surface area contributed by atoms with Crippen molar-refractivity contribution in [3.05, 3.63) is 35.6 Å². The van der Waals surface area contributed by atoms with Gasteiger partial charge < -0.3 is 15.3 Å². The molecule has 0 saturated carbocycles. The summed E-state index contributed by atoms with van der Waals surface area (Å²) in [5.74, 6) is -0.499. The van der Waals surface area contributed by atoms with Crippen LogP contribution in [0.15, 0.2) is 35.6 Å². The van der Waals surface area contributed by atoms with Crippen LogP contribution >= 0.6 is 0 Å². The molecular weight excluding hydrogens is 163 g/mol. The molecule has 0 radical (unpaired) electrons. The predicted molar refractivity (Wildman–Crippen MR) is 41.2 cm³/mol. The van der Waals surface area contributed by atoms with Gasteiger partial charge in [0.1, 0.15) is 11.9 Å². The van der Waals surface area contributed by atoms with Gasteiger partial charge in [0.2, 0.25) is 0 Å². The highest BCUT2D eigenvalue weighted by Gasteiger charge is 2.22. The molecule has 4 heteroatoms. The van der Waals surface area contributed by atoms with Gasteiger partial charge in [0.05, 0.1) is 12.5 Å². The lowest BCUT2D eigenvalue weighted by atomic mass is 9.94. The molecule has 0 saturated heterocycles. The molecule has 3 nitrogen and oxygen atoms in total. The summed E-state index contributed by atoms with van der Waals surface area (Å²) in [6.07, 6.45) is 1.08. The summed E-state index contributed by atoms with van der Waals surface area (Å²) in [6.45, 7) is 0. The van der Waals surface area contributed by atoms with Gasteiger partial charge in [-0.2, -0.15) is 0 Å². The van der Waals surface area contributed by atoms with E-state index >= 15 is 0 Å². The maximum atomic E-state index is 12.7. The molecule has 0 aliphatic heterocycles. The van der Waals surface area contributed by atoms with Crippen LogP contribution in [0.25, 0.3) is 0 Å². The highest BCUT2D eigenvalue weighted by atomic mass is 19.1. The molecule has 0 spiro atoms. The van der Waals surface area contributed by atoms with Gasteiger partial charge in [-0.25, -0.2) is 4.39 Å². The molecule has 3 N–H and O–H groups in total. The van der Waals surface area contributed by atoms with Crippen molar-refractivity contribution in [3.8, 4) is 0 Å². The van der Waals surface area contributed by atoms with Crippen LogP contribution in [-0.2, 0) is 0 Å². The van der Waals surface area contributed by atoms with Crippen LogP contribution < -0.4 is 0 Å². The Bertz CT molecular complexity index is 265. The SMILES string of the molecule is OC=C1C=C(F)CC(=CO)C1O. The fraction of sp³-hybridized carbons (Fsp3) is 0.250. The molecule has 0 amide bonds. The lowest BCUT2D eigenvalue weighted by molar-refractivity contribution is 0.231. The minimum atomic E-state index is -1.11. The van der Waals surface area contributed by atoms with Gasteiger partial charge >= 0.3 is 0 Å². The first-order valence-corrected chi connectivity index (χ1v) is 3.40. The zero-order chi connectivity index (χ0) is 9.14. The van der Waals surface area contributed by atoms with E-state index in [1.165, 1.54) is 0 Å². The van der Waals surface area contributed by atoms with Crippen molar-refractivity contribution in [3.63, 3.8) is 0 Å². The van der Waals surface area contributed by atoms with E-state index in [0.29, 0.717) is 12.5 Å². The van der Waals surface area contributed by atoms with Crippen LogP contribution in [0, 0.1) is 0 Å². The molecule has 12 heavy (non-hydrogen) atoms. The maximum absolute atomic E-state index is 12.7. The zero-order valence-electron chi connectivity index (χ0n) is 6.24. The molecule has 0 heterocycles. The fourth-order valence-corrected chi connectivity index (χ4v) is 1.04. The van der Waals surface area contributed by atoms with Gasteiger partial charge in [-0.1, -0.05) is 0 Å². The van der Waals surface area contributed by atoms with Crippen LogP contribution in [0.3, 0.4) is 0 Å². The second-order valence-electron chi connectivity index (χ2n) is 2.50. The molecule has 0 aromatic carbocycles. The Balaban J connectivity index is 3.01. The number of rotatable bonds is 0. The minimum Gasteiger partial charge on any atom is -0.516 e. The van der Waals surface area contributed by atoms with Gasteiger partial charge in [-0.15, -0.1) is 0 Å². The Hall–Kier alpha value is -1.29. The number of halogens is 1. The van der Waals surface area contributed by atoms with Crippen molar-refractivity contribution >= 4 is 0 Å². The third-order valence-electron chi connectivity index (χ3n) is 1.68. The molecule has 0 aromatic heterocycles. The van der Waals surface area contributed by atoms with Gasteiger partial charge in [-0.3, -0.25) is 0 Å². The molecule has 1 aliphatic rings. The first-order chi connectivity index (χ1) is 5.69. The minimum absolute atomic E-state index is 0.0408. The van der Waals surface area contributed by atoms with Crippen molar-refractivity contribution in [1.29, 1.82) is 0 Å². The first-order valence-electron chi connectivity index (χ1n) is 3.40. The summed E-state index contributed by atoms with van der Waals surface area (Å²) < 4.78 is 12.7. The molecule has 0 bridgehead atoms. The topological polar surface area (TPSA) is 60.7 Å². The van der Waals surface area contributed by atoms with E-state index in [1.807, 2.05) is 0 Å². The van der Waals surface area contributed by atoms with Gasteiger partial charge in [0.15, 0.2) is 0 Å².